The largest absolute Gasteiger partial charge is 0.361 e. The van der Waals surface area contributed by atoms with E-state index in [1.807, 2.05) is 18.2 Å². The van der Waals surface area contributed by atoms with Gasteiger partial charge in [0.15, 0.2) is 0 Å². The van der Waals surface area contributed by atoms with Crippen molar-refractivity contribution < 1.29 is 14.0 Å². The van der Waals surface area contributed by atoms with Gasteiger partial charge >= 0.3 is 0 Å². The molecule has 0 fully saturated rings. The molecule has 122 valence electrons. The molecule has 6 heteroatoms. The van der Waals surface area contributed by atoms with Crippen molar-refractivity contribution in [2.75, 3.05) is 5.32 Å². The molecule has 0 aliphatic heterocycles. The van der Waals surface area contributed by atoms with E-state index >= 15 is 0 Å². The lowest BCUT2D eigenvalue weighted by molar-refractivity contribution is -0.117. The third kappa shape index (κ3) is 3.12. The van der Waals surface area contributed by atoms with E-state index < -0.39 is 17.8 Å². The van der Waals surface area contributed by atoms with Crippen LogP contribution in [0, 0.1) is 5.82 Å². The molecule has 2 amide bonds. The summed E-state index contributed by atoms with van der Waals surface area (Å²) in [5, 5.41) is 6.15. The highest BCUT2D eigenvalue weighted by Crippen LogP contribution is 2.22. The van der Waals surface area contributed by atoms with Crippen molar-refractivity contribution in [2.45, 2.75) is 13.0 Å². The van der Waals surface area contributed by atoms with Gasteiger partial charge in [-0.2, -0.15) is 0 Å². The Morgan fingerprint density at radius 3 is 2.67 bits per heavy atom. The SMILES string of the molecule is CC(NC(=O)c1ccccc1F)C(=O)Nc1cccc2[nH]ccc12. The molecule has 1 aromatic heterocycles. The van der Waals surface area contributed by atoms with Crippen molar-refractivity contribution in [1.29, 1.82) is 0 Å². The first-order valence-electron chi connectivity index (χ1n) is 7.48. The fourth-order valence-corrected chi connectivity index (χ4v) is 2.42. The monoisotopic (exact) mass is 325 g/mol. The third-order valence-electron chi connectivity index (χ3n) is 3.71. The number of carbonyl (C=O) groups is 2. The fraction of sp³-hybridized carbons (Fsp3) is 0.111. The molecule has 2 aromatic carbocycles. The summed E-state index contributed by atoms with van der Waals surface area (Å²) in [7, 11) is 0. The lowest BCUT2D eigenvalue weighted by atomic mass is 10.1. The molecule has 1 atom stereocenters. The summed E-state index contributed by atoms with van der Waals surface area (Å²) in [5.41, 5.74) is 1.45. The van der Waals surface area contributed by atoms with Crippen molar-refractivity contribution in [2.24, 2.45) is 0 Å². The highest BCUT2D eigenvalue weighted by atomic mass is 19.1. The molecule has 0 radical (unpaired) electrons. The van der Waals surface area contributed by atoms with Crippen LogP contribution in [0.5, 0.6) is 0 Å². The molecule has 3 N–H and O–H groups in total. The minimum Gasteiger partial charge on any atom is -0.361 e. The minimum atomic E-state index is -0.814. The number of aromatic nitrogens is 1. The van der Waals surface area contributed by atoms with Crippen LogP contribution in [0.4, 0.5) is 10.1 Å². The number of H-pyrrole nitrogens is 1. The van der Waals surface area contributed by atoms with Gasteiger partial charge in [0, 0.05) is 17.1 Å². The smallest absolute Gasteiger partial charge is 0.254 e. The number of hydrogen-bond donors (Lipinski definition) is 3. The number of carbonyl (C=O) groups excluding carboxylic acids is 2. The molecule has 1 heterocycles. The number of fused-ring (bicyclic) bond motifs is 1. The van der Waals surface area contributed by atoms with Gasteiger partial charge in [-0.3, -0.25) is 9.59 Å². The van der Waals surface area contributed by atoms with E-state index in [9.17, 15) is 14.0 Å². The van der Waals surface area contributed by atoms with Crippen LogP contribution in [0.15, 0.2) is 54.7 Å². The first kappa shape index (κ1) is 15.7. The molecule has 0 saturated heterocycles. The molecule has 0 aliphatic carbocycles. The second-order valence-corrected chi connectivity index (χ2v) is 5.41. The van der Waals surface area contributed by atoms with Gasteiger partial charge in [0.25, 0.3) is 5.91 Å². The summed E-state index contributed by atoms with van der Waals surface area (Å²) >= 11 is 0. The van der Waals surface area contributed by atoms with E-state index in [0.717, 1.165) is 10.9 Å². The molecule has 0 spiro atoms. The van der Waals surface area contributed by atoms with Crippen molar-refractivity contribution >= 4 is 28.4 Å². The van der Waals surface area contributed by atoms with Crippen molar-refractivity contribution in [1.82, 2.24) is 10.3 Å². The maximum atomic E-state index is 13.6. The van der Waals surface area contributed by atoms with E-state index in [1.165, 1.54) is 18.2 Å². The minimum absolute atomic E-state index is 0.0927. The molecular weight excluding hydrogens is 309 g/mol. The van der Waals surface area contributed by atoms with Crippen LogP contribution in [-0.4, -0.2) is 22.8 Å². The van der Waals surface area contributed by atoms with Crippen LogP contribution in [0.2, 0.25) is 0 Å². The molecule has 24 heavy (non-hydrogen) atoms. The Labute approximate surface area is 137 Å². The van der Waals surface area contributed by atoms with E-state index in [2.05, 4.69) is 15.6 Å². The predicted octanol–water partition coefficient (Wildman–Crippen LogP) is 3.06. The quantitative estimate of drug-likeness (QED) is 0.690. The molecule has 1 unspecified atom stereocenters. The Bertz CT molecular complexity index is 904. The molecule has 0 aliphatic rings. The maximum Gasteiger partial charge on any atom is 0.254 e. The zero-order valence-corrected chi connectivity index (χ0v) is 13.0. The van der Waals surface area contributed by atoms with E-state index in [1.54, 1.807) is 25.3 Å². The zero-order chi connectivity index (χ0) is 17.1. The van der Waals surface area contributed by atoms with Gasteiger partial charge in [-0.05, 0) is 37.3 Å². The maximum absolute atomic E-state index is 13.6. The number of aromatic amines is 1. The Kier molecular flexibility index (Phi) is 4.29. The Hall–Kier alpha value is -3.15. The normalized spacial score (nSPS) is 11.9. The van der Waals surface area contributed by atoms with Crippen LogP contribution in [0.25, 0.3) is 10.9 Å². The third-order valence-corrected chi connectivity index (χ3v) is 3.71. The molecule has 0 bridgehead atoms. The van der Waals surface area contributed by atoms with E-state index in [-0.39, 0.29) is 11.5 Å². The first-order valence-corrected chi connectivity index (χ1v) is 7.48. The summed E-state index contributed by atoms with van der Waals surface area (Å²) in [5.74, 6) is -1.64. The molecule has 5 nitrogen and oxygen atoms in total. The second kappa shape index (κ2) is 6.54. The van der Waals surface area contributed by atoms with Gasteiger partial charge in [-0.15, -0.1) is 0 Å². The number of halogens is 1. The average molecular weight is 325 g/mol. The van der Waals surface area contributed by atoms with Gasteiger partial charge in [0.1, 0.15) is 11.9 Å². The number of hydrogen-bond acceptors (Lipinski definition) is 2. The lowest BCUT2D eigenvalue weighted by Crippen LogP contribution is -2.41. The fourth-order valence-electron chi connectivity index (χ4n) is 2.42. The molecule has 3 rings (SSSR count). The van der Waals surface area contributed by atoms with Crippen LogP contribution in [0.3, 0.4) is 0 Å². The van der Waals surface area contributed by atoms with Crippen molar-refractivity contribution in [3.8, 4) is 0 Å². The van der Waals surface area contributed by atoms with E-state index in [4.69, 9.17) is 0 Å². The summed E-state index contributed by atoms with van der Waals surface area (Å²) in [6, 6.07) is 12.2. The molecular formula is C18H16FN3O2. The number of anilines is 1. The van der Waals surface area contributed by atoms with Crippen LogP contribution >= 0.6 is 0 Å². The van der Waals surface area contributed by atoms with Crippen LogP contribution in [0.1, 0.15) is 17.3 Å². The van der Waals surface area contributed by atoms with Crippen molar-refractivity contribution in [3.05, 3.63) is 66.1 Å². The van der Waals surface area contributed by atoms with Crippen LogP contribution in [-0.2, 0) is 4.79 Å². The molecule has 0 saturated carbocycles. The predicted molar refractivity (Wildman–Crippen MR) is 90.3 cm³/mol. The Balaban J connectivity index is 1.70. The van der Waals surface area contributed by atoms with Crippen molar-refractivity contribution in [3.63, 3.8) is 0 Å². The van der Waals surface area contributed by atoms with Gasteiger partial charge in [-0.25, -0.2) is 4.39 Å². The number of benzene rings is 2. The number of rotatable bonds is 4. The summed E-state index contributed by atoms with van der Waals surface area (Å²) < 4.78 is 13.6. The highest BCUT2D eigenvalue weighted by Gasteiger charge is 2.19. The average Bonchev–Trinajstić information content (AvgIpc) is 3.04. The van der Waals surface area contributed by atoms with E-state index in [0.29, 0.717) is 5.69 Å². The van der Waals surface area contributed by atoms with Gasteiger partial charge in [0.2, 0.25) is 5.91 Å². The van der Waals surface area contributed by atoms with Gasteiger partial charge < -0.3 is 15.6 Å². The first-order chi connectivity index (χ1) is 11.6. The number of amides is 2. The second-order valence-electron chi connectivity index (χ2n) is 5.41. The van der Waals surface area contributed by atoms with Gasteiger partial charge in [-0.1, -0.05) is 18.2 Å². The van der Waals surface area contributed by atoms with Crippen LogP contribution < -0.4 is 10.6 Å². The number of nitrogens with one attached hydrogen (secondary N) is 3. The molecule has 3 aromatic rings. The summed E-state index contributed by atoms with van der Waals surface area (Å²) in [6.45, 7) is 1.55. The highest BCUT2D eigenvalue weighted by molar-refractivity contribution is 6.05. The zero-order valence-electron chi connectivity index (χ0n) is 13.0. The Morgan fingerprint density at radius 2 is 1.88 bits per heavy atom. The summed E-state index contributed by atoms with van der Waals surface area (Å²) in [4.78, 5) is 27.4. The topological polar surface area (TPSA) is 74.0 Å². The lowest BCUT2D eigenvalue weighted by Gasteiger charge is -2.15. The Morgan fingerprint density at radius 1 is 1.08 bits per heavy atom. The van der Waals surface area contributed by atoms with Gasteiger partial charge in [0.05, 0.1) is 11.3 Å². The summed E-state index contributed by atoms with van der Waals surface area (Å²) in [6.07, 6.45) is 1.78. The standard InChI is InChI=1S/C18H16FN3O2/c1-11(21-18(24)12-5-2-3-6-14(12)19)17(23)22-16-8-4-7-15-13(16)9-10-20-15/h2-11,20H,1H3,(H,21,24)(H,22,23).